The molecule has 0 aliphatic carbocycles. The summed E-state index contributed by atoms with van der Waals surface area (Å²) in [5.41, 5.74) is 8.52. The Bertz CT molecular complexity index is 1000. The second kappa shape index (κ2) is 6.25. The number of hydrogen-bond acceptors (Lipinski definition) is 5. The van der Waals surface area contributed by atoms with E-state index in [1.807, 2.05) is 17.7 Å². The number of nitrogens with zero attached hydrogens (tertiary/aromatic N) is 5. The third-order valence-corrected chi connectivity index (χ3v) is 4.75. The summed E-state index contributed by atoms with van der Waals surface area (Å²) in [5.74, 6) is -0.450. The summed E-state index contributed by atoms with van der Waals surface area (Å²) in [4.78, 5) is 28.4. The lowest BCUT2D eigenvalue weighted by Crippen LogP contribution is -2.33. The van der Waals surface area contributed by atoms with E-state index in [-0.39, 0.29) is 11.8 Å². The number of aromatic nitrogens is 5. The van der Waals surface area contributed by atoms with E-state index in [0.29, 0.717) is 36.3 Å². The zero-order valence-electron chi connectivity index (χ0n) is 14.3. The summed E-state index contributed by atoms with van der Waals surface area (Å²) >= 11 is 0. The number of primary amides is 1. The van der Waals surface area contributed by atoms with E-state index in [4.69, 9.17) is 5.73 Å². The SMILES string of the molecule is Cc1ccn2ncc(C(=O)NCC3CCn4ncc(C(N)=O)c4C3)c2n1. The van der Waals surface area contributed by atoms with Crippen LogP contribution in [-0.4, -0.2) is 42.7 Å². The second-order valence-electron chi connectivity index (χ2n) is 6.56. The highest BCUT2D eigenvalue weighted by atomic mass is 16.2. The van der Waals surface area contributed by atoms with Crippen molar-refractivity contribution >= 4 is 17.5 Å². The van der Waals surface area contributed by atoms with Crippen molar-refractivity contribution in [2.24, 2.45) is 11.7 Å². The van der Waals surface area contributed by atoms with Gasteiger partial charge in [0.15, 0.2) is 5.65 Å². The van der Waals surface area contributed by atoms with Gasteiger partial charge in [-0.3, -0.25) is 14.3 Å². The first-order valence-electron chi connectivity index (χ1n) is 8.46. The molecule has 1 atom stereocenters. The van der Waals surface area contributed by atoms with Crippen LogP contribution >= 0.6 is 0 Å². The fourth-order valence-electron chi connectivity index (χ4n) is 3.33. The van der Waals surface area contributed by atoms with Crippen molar-refractivity contribution in [3.63, 3.8) is 0 Å². The van der Waals surface area contributed by atoms with E-state index in [2.05, 4.69) is 20.5 Å². The predicted molar refractivity (Wildman–Crippen MR) is 92.6 cm³/mol. The number of hydrogen-bond donors (Lipinski definition) is 2. The minimum absolute atomic E-state index is 0.202. The normalized spacial score (nSPS) is 16.4. The molecule has 26 heavy (non-hydrogen) atoms. The molecule has 3 N–H and O–H groups in total. The van der Waals surface area contributed by atoms with Crippen LogP contribution in [0.2, 0.25) is 0 Å². The van der Waals surface area contributed by atoms with Crippen molar-refractivity contribution in [2.75, 3.05) is 6.54 Å². The number of rotatable bonds is 4. The highest BCUT2D eigenvalue weighted by molar-refractivity contribution is 5.99. The number of carbonyl (C=O) groups is 2. The van der Waals surface area contributed by atoms with Crippen LogP contribution in [0.25, 0.3) is 5.65 Å². The van der Waals surface area contributed by atoms with Crippen molar-refractivity contribution < 1.29 is 9.59 Å². The molecular formula is C17H19N7O2. The van der Waals surface area contributed by atoms with E-state index in [9.17, 15) is 9.59 Å². The number of aryl methyl sites for hydroxylation is 2. The molecule has 4 heterocycles. The van der Waals surface area contributed by atoms with Gasteiger partial charge in [0.25, 0.3) is 11.8 Å². The monoisotopic (exact) mass is 353 g/mol. The van der Waals surface area contributed by atoms with Gasteiger partial charge in [0.1, 0.15) is 5.56 Å². The highest BCUT2D eigenvalue weighted by Crippen LogP contribution is 2.22. The Morgan fingerprint density at radius 2 is 2.12 bits per heavy atom. The topological polar surface area (TPSA) is 120 Å². The van der Waals surface area contributed by atoms with Crippen LogP contribution in [-0.2, 0) is 13.0 Å². The first-order chi connectivity index (χ1) is 12.5. The van der Waals surface area contributed by atoms with Crippen molar-refractivity contribution in [2.45, 2.75) is 26.3 Å². The van der Waals surface area contributed by atoms with E-state index in [0.717, 1.165) is 17.8 Å². The van der Waals surface area contributed by atoms with Gasteiger partial charge in [-0.15, -0.1) is 0 Å². The molecule has 0 saturated carbocycles. The molecule has 9 heteroatoms. The van der Waals surface area contributed by atoms with Gasteiger partial charge >= 0.3 is 0 Å². The summed E-state index contributed by atoms with van der Waals surface area (Å²) in [6.07, 6.45) is 6.36. The minimum atomic E-state index is -0.469. The van der Waals surface area contributed by atoms with E-state index < -0.39 is 5.91 Å². The quantitative estimate of drug-likeness (QED) is 0.700. The van der Waals surface area contributed by atoms with Crippen molar-refractivity contribution in [1.82, 2.24) is 29.7 Å². The number of amides is 2. The first-order valence-corrected chi connectivity index (χ1v) is 8.46. The number of nitrogens with one attached hydrogen (secondary N) is 1. The maximum absolute atomic E-state index is 12.5. The Hall–Kier alpha value is -3.23. The number of fused-ring (bicyclic) bond motifs is 2. The van der Waals surface area contributed by atoms with Crippen LogP contribution in [0.15, 0.2) is 24.7 Å². The van der Waals surface area contributed by atoms with Crippen LogP contribution in [0.5, 0.6) is 0 Å². The third-order valence-electron chi connectivity index (χ3n) is 4.75. The van der Waals surface area contributed by atoms with Crippen molar-refractivity contribution in [1.29, 1.82) is 0 Å². The summed E-state index contributed by atoms with van der Waals surface area (Å²) in [7, 11) is 0. The lowest BCUT2D eigenvalue weighted by atomic mass is 9.94. The molecule has 0 saturated heterocycles. The van der Waals surface area contributed by atoms with Gasteiger partial charge in [-0.2, -0.15) is 10.2 Å². The Morgan fingerprint density at radius 1 is 1.31 bits per heavy atom. The average molecular weight is 353 g/mol. The summed E-state index contributed by atoms with van der Waals surface area (Å²) < 4.78 is 3.40. The molecule has 4 rings (SSSR count). The summed E-state index contributed by atoms with van der Waals surface area (Å²) in [5, 5.41) is 11.3. The van der Waals surface area contributed by atoms with Gasteiger partial charge in [-0.25, -0.2) is 9.50 Å². The maximum Gasteiger partial charge on any atom is 0.256 e. The molecule has 1 aliphatic heterocycles. The van der Waals surface area contributed by atoms with Crippen LogP contribution in [0.4, 0.5) is 0 Å². The lowest BCUT2D eigenvalue weighted by Gasteiger charge is -2.24. The number of nitrogens with two attached hydrogens (primary N) is 1. The Labute approximate surface area is 149 Å². The van der Waals surface area contributed by atoms with Crippen molar-refractivity contribution in [3.05, 3.63) is 47.2 Å². The van der Waals surface area contributed by atoms with Crippen LogP contribution < -0.4 is 11.1 Å². The fraction of sp³-hybridized carbons (Fsp3) is 0.353. The van der Waals surface area contributed by atoms with Crippen LogP contribution in [0, 0.1) is 12.8 Å². The Morgan fingerprint density at radius 3 is 2.92 bits per heavy atom. The standard InChI is InChI=1S/C17H19N7O2/c1-10-2-4-24-16(22-10)13(9-21-24)17(26)19-7-11-3-5-23-14(6-11)12(8-20-23)15(18)25/h2,4,8-9,11H,3,5-7H2,1H3,(H2,18,25)(H,19,26). The maximum atomic E-state index is 12.5. The van der Waals surface area contributed by atoms with E-state index in [1.54, 1.807) is 10.7 Å². The van der Waals surface area contributed by atoms with Gasteiger partial charge in [-0.1, -0.05) is 0 Å². The smallest absolute Gasteiger partial charge is 0.256 e. The summed E-state index contributed by atoms with van der Waals surface area (Å²) in [6, 6.07) is 1.84. The molecule has 3 aromatic heterocycles. The molecule has 2 amide bonds. The molecule has 1 aliphatic rings. The predicted octanol–water partition coefficient (Wildman–Crippen LogP) is 0.326. The zero-order chi connectivity index (χ0) is 18.3. The fourth-order valence-corrected chi connectivity index (χ4v) is 3.33. The van der Waals surface area contributed by atoms with Gasteiger partial charge < -0.3 is 11.1 Å². The Kier molecular flexibility index (Phi) is 3.90. The molecule has 3 aromatic rings. The third kappa shape index (κ3) is 2.81. The largest absolute Gasteiger partial charge is 0.365 e. The van der Waals surface area contributed by atoms with Gasteiger partial charge in [0.2, 0.25) is 0 Å². The summed E-state index contributed by atoms with van der Waals surface area (Å²) in [6.45, 7) is 3.09. The molecular weight excluding hydrogens is 334 g/mol. The lowest BCUT2D eigenvalue weighted by molar-refractivity contribution is 0.0943. The van der Waals surface area contributed by atoms with E-state index in [1.165, 1.54) is 12.4 Å². The minimum Gasteiger partial charge on any atom is -0.365 e. The van der Waals surface area contributed by atoms with Gasteiger partial charge in [0.05, 0.1) is 23.7 Å². The van der Waals surface area contributed by atoms with E-state index >= 15 is 0 Å². The second-order valence-corrected chi connectivity index (χ2v) is 6.56. The molecule has 1 unspecified atom stereocenters. The first kappa shape index (κ1) is 16.2. The zero-order valence-corrected chi connectivity index (χ0v) is 14.3. The van der Waals surface area contributed by atoms with Gasteiger partial charge in [-0.05, 0) is 31.7 Å². The van der Waals surface area contributed by atoms with Crippen LogP contribution in [0.1, 0.15) is 38.5 Å². The molecule has 0 spiro atoms. The molecule has 0 bridgehead atoms. The number of carbonyl (C=O) groups excluding carboxylic acids is 2. The molecule has 0 aromatic carbocycles. The molecule has 134 valence electrons. The molecule has 0 fully saturated rings. The van der Waals surface area contributed by atoms with Gasteiger partial charge in [0, 0.05) is 25.0 Å². The van der Waals surface area contributed by atoms with Crippen LogP contribution in [0.3, 0.4) is 0 Å². The average Bonchev–Trinajstić information content (AvgIpc) is 3.22. The molecule has 0 radical (unpaired) electrons. The van der Waals surface area contributed by atoms with Crippen molar-refractivity contribution in [3.8, 4) is 0 Å². The molecule has 9 nitrogen and oxygen atoms in total. The highest BCUT2D eigenvalue weighted by Gasteiger charge is 2.25. The Balaban J connectivity index is 1.45.